The smallest absolute Gasteiger partial charge is 0.458 e. The number of nitrogen functional groups attached to an aromatic ring is 1. The molecule has 3 N–H and O–H groups in total. The van der Waals surface area contributed by atoms with Crippen molar-refractivity contribution in [2.24, 2.45) is 22.2 Å². The van der Waals surface area contributed by atoms with E-state index in [2.05, 4.69) is 20.2 Å². The number of anilines is 1. The van der Waals surface area contributed by atoms with Gasteiger partial charge < -0.3 is 29.2 Å². The second-order valence-corrected chi connectivity index (χ2v) is 15.4. The van der Waals surface area contributed by atoms with Gasteiger partial charge in [0.05, 0.1) is 29.6 Å². The molecule has 4 rings (SSSR count). The SMILES string of the molecule is C/N=C\[C@]1(COP(=O)(NCCOC(=O)C(C)(C)C)Oc2ccccc2)O[C@@H](c2ccc3c(N)ncnn23)[C@H](OC(=O)C(C)C)[C@@H]1OC(=O)C(C)C. The normalized spacial score (nSPS) is 22.0. The highest BCUT2D eigenvalue weighted by molar-refractivity contribution is 7.52. The van der Waals surface area contributed by atoms with E-state index < -0.39 is 73.4 Å². The zero-order valence-corrected chi connectivity index (χ0v) is 31.0. The number of nitrogens with two attached hydrogens (primary N) is 1. The molecule has 1 aliphatic heterocycles. The van der Waals surface area contributed by atoms with E-state index >= 15 is 0 Å². The molecular formula is C34H47N6O10P. The number of aromatic nitrogens is 3. The fourth-order valence-electron chi connectivity index (χ4n) is 4.98. The molecule has 16 nitrogen and oxygen atoms in total. The number of aliphatic imine (C=N–C) groups is 1. The monoisotopic (exact) mass is 730 g/mol. The number of esters is 3. The van der Waals surface area contributed by atoms with Crippen LogP contribution >= 0.6 is 7.75 Å². The maximum atomic E-state index is 14.4. The Morgan fingerprint density at radius 3 is 2.37 bits per heavy atom. The van der Waals surface area contributed by atoms with Crippen LogP contribution < -0.4 is 15.3 Å². The molecule has 2 aromatic heterocycles. The van der Waals surface area contributed by atoms with E-state index in [0.29, 0.717) is 11.2 Å². The number of para-hydroxylation sites is 1. The number of nitrogens with one attached hydrogen (secondary N) is 1. The van der Waals surface area contributed by atoms with Gasteiger partial charge in [-0.1, -0.05) is 45.9 Å². The summed E-state index contributed by atoms with van der Waals surface area (Å²) in [5.74, 6) is -2.41. The summed E-state index contributed by atoms with van der Waals surface area (Å²) >= 11 is 0. The number of carbonyl (C=O) groups excluding carboxylic acids is 3. The molecule has 51 heavy (non-hydrogen) atoms. The zero-order chi connectivity index (χ0) is 37.6. The number of fused-ring (bicyclic) bond motifs is 1. The van der Waals surface area contributed by atoms with Gasteiger partial charge >= 0.3 is 25.7 Å². The highest BCUT2D eigenvalue weighted by Gasteiger charge is 2.61. The van der Waals surface area contributed by atoms with Crippen molar-refractivity contribution in [1.29, 1.82) is 0 Å². The molecule has 3 aromatic rings. The molecule has 278 valence electrons. The Labute approximate surface area is 297 Å². The van der Waals surface area contributed by atoms with E-state index in [9.17, 15) is 18.9 Å². The van der Waals surface area contributed by atoms with Crippen LogP contribution in [0.15, 0.2) is 53.8 Å². The van der Waals surface area contributed by atoms with Crippen molar-refractivity contribution in [1.82, 2.24) is 19.7 Å². The molecule has 3 heterocycles. The molecule has 1 unspecified atom stereocenters. The third-order valence-corrected chi connectivity index (χ3v) is 9.23. The molecule has 1 aliphatic rings. The Bertz CT molecular complexity index is 1760. The first-order chi connectivity index (χ1) is 24.0. The van der Waals surface area contributed by atoms with Gasteiger partial charge in [-0.2, -0.15) is 5.10 Å². The van der Waals surface area contributed by atoms with Crippen LogP contribution in [0.4, 0.5) is 5.82 Å². The zero-order valence-electron chi connectivity index (χ0n) is 30.1. The Balaban J connectivity index is 1.77. The van der Waals surface area contributed by atoms with E-state index in [-0.39, 0.29) is 24.7 Å². The Kier molecular flexibility index (Phi) is 12.6. The van der Waals surface area contributed by atoms with Gasteiger partial charge in [-0.05, 0) is 45.0 Å². The summed E-state index contributed by atoms with van der Waals surface area (Å²) in [6, 6.07) is 11.7. The molecule has 0 bridgehead atoms. The minimum atomic E-state index is -4.30. The summed E-state index contributed by atoms with van der Waals surface area (Å²) in [7, 11) is -2.83. The van der Waals surface area contributed by atoms with Crippen molar-refractivity contribution in [3.63, 3.8) is 0 Å². The van der Waals surface area contributed by atoms with Crippen LogP contribution in [0.2, 0.25) is 0 Å². The van der Waals surface area contributed by atoms with Crippen LogP contribution in [0.5, 0.6) is 5.75 Å². The minimum absolute atomic E-state index is 0.109. The van der Waals surface area contributed by atoms with Crippen molar-refractivity contribution in [2.45, 2.75) is 72.4 Å². The molecule has 0 radical (unpaired) electrons. The first kappa shape index (κ1) is 39.4. The predicted octanol–water partition coefficient (Wildman–Crippen LogP) is 4.34. The fourth-order valence-corrected chi connectivity index (χ4v) is 6.32. The minimum Gasteiger partial charge on any atom is -0.464 e. The van der Waals surface area contributed by atoms with Gasteiger partial charge in [0.2, 0.25) is 0 Å². The second-order valence-electron chi connectivity index (χ2n) is 13.6. The van der Waals surface area contributed by atoms with E-state index in [4.69, 9.17) is 33.7 Å². The van der Waals surface area contributed by atoms with Crippen molar-refractivity contribution in [3.8, 4) is 5.75 Å². The summed E-state index contributed by atoms with van der Waals surface area (Å²) in [6.07, 6.45) is -1.16. The molecule has 1 fully saturated rings. The molecule has 5 atom stereocenters. The summed E-state index contributed by atoms with van der Waals surface area (Å²) in [4.78, 5) is 47.1. The average molecular weight is 731 g/mol. The lowest BCUT2D eigenvalue weighted by molar-refractivity contribution is -0.173. The Morgan fingerprint density at radius 1 is 1.08 bits per heavy atom. The van der Waals surface area contributed by atoms with Crippen LogP contribution in [0, 0.1) is 17.3 Å². The summed E-state index contributed by atoms with van der Waals surface area (Å²) in [5, 5.41) is 7.07. The van der Waals surface area contributed by atoms with Gasteiger partial charge in [-0.25, -0.2) is 19.2 Å². The molecule has 0 amide bonds. The third kappa shape index (κ3) is 9.50. The summed E-state index contributed by atoms with van der Waals surface area (Å²) < 4.78 is 51.9. The summed E-state index contributed by atoms with van der Waals surface area (Å²) in [6.45, 7) is 10.9. The molecule has 0 saturated carbocycles. The molecule has 1 aromatic carbocycles. The lowest BCUT2D eigenvalue weighted by atomic mass is 9.94. The van der Waals surface area contributed by atoms with E-state index in [1.54, 1.807) is 90.9 Å². The number of benzene rings is 1. The third-order valence-electron chi connectivity index (χ3n) is 7.70. The maximum absolute atomic E-state index is 14.4. The number of ether oxygens (including phenoxy) is 4. The average Bonchev–Trinajstić information content (AvgIpc) is 3.62. The van der Waals surface area contributed by atoms with Gasteiger partial charge in [-0.15, -0.1) is 0 Å². The van der Waals surface area contributed by atoms with Gasteiger partial charge in [0.1, 0.15) is 30.3 Å². The number of hydrogen-bond acceptors (Lipinski definition) is 14. The number of rotatable bonds is 15. The topological polar surface area (TPSA) is 204 Å². The highest BCUT2D eigenvalue weighted by Crippen LogP contribution is 2.49. The van der Waals surface area contributed by atoms with Gasteiger partial charge in [-0.3, -0.25) is 23.9 Å². The van der Waals surface area contributed by atoms with Gasteiger partial charge in [0, 0.05) is 19.8 Å². The Morgan fingerprint density at radius 2 is 1.75 bits per heavy atom. The second kappa shape index (κ2) is 16.3. The predicted molar refractivity (Wildman–Crippen MR) is 187 cm³/mol. The Hall–Kier alpha value is -4.37. The van der Waals surface area contributed by atoms with Crippen molar-refractivity contribution in [3.05, 3.63) is 54.5 Å². The van der Waals surface area contributed by atoms with Crippen LogP contribution in [-0.2, 0) is 42.4 Å². The van der Waals surface area contributed by atoms with E-state index in [0.717, 1.165) is 0 Å². The summed E-state index contributed by atoms with van der Waals surface area (Å²) in [5.41, 5.74) is 4.41. The van der Waals surface area contributed by atoms with E-state index in [1.807, 2.05) is 0 Å². The number of carbonyl (C=O) groups is 3. The maximum Gasteiger partial charge on any atom is 0.458 e. The first-order valence-electron chi connectivity index (χ1n) is 16.5. The van der Waals surface area contributed by atoms with Crippen molar-refractivity contribution < 1.29 is 46.9 Å². The molecule has 0 aliphatic carbocycles. The van der Waals surface area contributed by atoms with Crippen LogP contribution in [-0.4, -0.2) is 83.3 Å². The number of nitrogens with zero attached hydrogens (tertiary/aromatic N) is 4. The molecule has 1 saturated heterocycles. The number of hydrogen-bond donors (Lipinski definition) is 2. The standard InChI is InChI=1S/C34H47N6O10P/c1-21(2)30(41)47-27-26(24-14-15-25-29(35)37-20-38-40(24)25)49-34(18-36-8,28(27)48-31(42)22(3)4)19-46-51(44,50-23-12-10-9-11-13-23)39-16-17-45-32(43)33(5,6)7/h9-15,18,20-22,26-28H,16-17,19H2,1-8H3,(H,39,44)(H2,35,37,38)/b36-18-/t26-,27-,28-,34+,51?/m0/s1. The lowest BCUT2D eigenvalue weighted by Crippen LogP contribution is -2.52. The fraction of sp³-hybridized carbons (Fsp3) is 0.529. The van der Waals surface area contributed by atoms with Gasteiger partial charge in [0.25, 0.3) is 0 Å². The van der Waals surface area contributed by atoms with E-state index in [1.165, 1.54) is 24.1 Å². The van der Waals surface area contributed by atoms with Crippen LogP contribution in [0.1, 0.15) is 60.3 Å². The highest BCUT2D eigenvalue weighted by atomic mass is 31.2. The molecule has 0 spiro atoms. The molecular weight excluding hydrogens is 683 g/mol. The lowest BCUT2D eigenvalue weighted by Gasteiger charge is -2.33. The van der Waals surface area contributed by atoms with Crippen LogP contribution in [0.3, 0.4) is 0 Å². The van der Waals surface area contributed by atoms with Crippen molar-refractivity contribution in [2.75, 3.05) is 32.5 Å². The largest absolute Gasteiger partial charge is 0.464 e. The van der Waals surface area contributed by atoms with Crippen molar-refractivity contribution >= 4 is 43.2 Å². The first-order valence-corrected chi connectivity index (χ1v) is 18.1. The van der Waals surface area contributed by atoms with Gasteiger partial charge in [0.15, 0.2) is 23.6 Å². The molecule has 17 heteroatoms. The quantitative estimate of drug-likeness (QED) is 0.0734. The van der Waals surface area contributed by atoms with Crippen LogP contribution in [0.25, 0.3) is 5.52 Å².